The second-order valence-electron chi connectivity index (χ2n) is 4.82. The van der Waals surface area contributed by atoms with Gasteiger partial charge in [-0.1, -0.05) is 19.1 Å². The van der Waals surface area contributed by atoms with Gasteiger partial charge in [0.25, 0.3) is 11.8 Å². The quantitative estimate of drug-likeness (QED) is 0.777. The van der Waals surface area contributed by atoms with E-state index in [1.54, 1.807) is 24.3 Å². The number of imide groups is 1. The van der Waals surface area contributed by atoms with Gasteiger partial charge in [0.15, 0.2) is 0 Å². The van der Waals surface area contributed by atoms with E-state index in [0.29, 0.717) is 28.4 Å². The van der Waals surface area contributed by atoms with Crippen molar-refractivity contribution < 1.29 is 19.4 Å². The molecule has 0 bridgehead atoms. The highest BCUT2D eigenvalue weighted by atomic mass is 32.2. The number of aliphatic hydroxyl groups is 1. The van der Waals surface area contributed by atoms with Gasteiger partial charge in [-0.15, -0.1) is 11.8 Å². The van der Waals surface area contributed by atoms with Gasteiger partial charge in [0.05, 0.1) is 23.7 Å². The molecule has 0 saturated heterocycles. The summed E-state index contributed by atoms with van der Waals surface area (Å²) in [4.78, 5) is 25.9. The van der Waals surface area contributed by atoms with Crippen molar-refractivity contribution in [2.45, 2.75) is 13.3 Å². The molecule has 2 rings (SSSR count). The van der Waals surface area contributed by atoms with Crippen molar-refractivity contribution in [2.75, 3.05) is 26.0 Å². The van der Waals surface area contributed by atoms with Crippen LogP contribution >= 0.6 is 11.8 Å². The first-order valence-electron chi connectivity index (χ1n) is 7.13. The molecular weight excluding hydrogens is 302 g/mol. The molecule has 0 unspecified atom stereocenters. The Morgan fingerprint density at radius 3 is 2.45 bits per heavy atom. The van der Waals surface area contributed by atoms with Crippen LogP contribution in [0.25, 0.3) is 5.57 Å². The Morgan fingerprint density at radius 1 is 1.18 bits per heavy atom. The van der Waals surface area contributed by atoms with Gasteiger partial charge < -0.3 is 9.84 Å². The maximum Gasteiger partial charge on any atom is 0.267 e. The molecule has 1 aromatic rings. The zero-order chi connectivity index (χ0) is 16.1. The van der Waals surface area contributed by atoms with Crippen LogP contribution in [0, 0.1) is 0 Å². The van der Waals surface area contributed by atoms with Crippen LogP contribution in [0.15, 0.2) is 29.2 Å². The summed E-state index contributed by atoms with van der Waals surface area (Å²) in [5.41, 5.74) is 1.08. The molecule has 0 fully saturated rings. The highest BCUT2D eigenvalue weighted by Crippen LogP contribution is 2.35. The number of amides is 2. The third-order valence-corrected chi connectivity index (χ3v) is 4.25. The van der Waals surface area contributed by atoms with E-state index in [4.69, 9.17) is 9.84 Å². The zero-order valence-corrected chi connectivity index (χ0v) is 13.5. The van der Waals surface area contributed by atoms with Crippen LogP contribution in [0.5, 0.6) is 5.75 Å². The molecule has 2 amide bonds. The molecule has 0 spiro atoms. The zero-order valence-electron chi connectivity index (χ0n) is 12.7. The van der Waals surface area contributed by atoms with E-state index in [1.165, 1.54) is 18.8 Å². The molecule has 0 atom stereocenters. The average Bonchev–Trinajstić information content (AvgIpc) is 2.75. The van der Waals surface area contributed by atoms with E-state index in [1.807, 2.05) is 6.92 Å². The van der Waals surface area contributed by atoms with Crippen molar-refractivity contribution in [2.24, 2.45) is 0 Å². The number of aliphatic hydroxyl groups excluding tert-OH is 1. The summed E-state index contributed by atoms with van der Waals surface area (Å²) < 4.78 is 5.52. The summed E-state index contributed by atoms with van der Waals surface area (Å²) >= 11 is 1.21. The second-order valence-corrected chi connectivity index (χ2v) is 5.92. The normalized spacial score (nSPS) is 15.0. The van der Waals surface area contributed by atoms with Crippen molar-refractivity contribution >= 4 is 29.1 Å². The Balaban J connectivity index is 2.31. The van der Waals surface area contributed by atoms with Crippen LogP contribution in [0.1, 0.15) is 18.9 Å². The number of hydrogen-bond acceptors (Lipinski definition) is 5. The third kappa shape index (κ3) is 3.34. The molecule has 6 heteroatoms. The number of thioether (sulfide) groups is 1. The fourth-order valence-electron chi connectivity index (χ4n) is 2.09. The van der Waals surface area contributed by atoms with Crippen molar-refractivity contribution in [1.82, 2.24) is 4.90 Å². The van der Waals surface area contributed by atoms with E-state index in [9.17, 15) is 9.59 Å². The van der Waals surface area contributed by atoms with Gasteiger partial charge in [0, 0.05) is 12.8 Å². The summed E-state index contributed by atoms with van der Waals surface area (Å²) in [6, 6.07) is 7.15. The number of carbonyl (C=O) groups excluding carboxylic acids is 2. The van der Waals surface area contributed by atoms with Crippen molar-refractivity contribution in [3.63, 3.8) is 0 Å². The average molecular weight is 321 g/mol. The molecule has 22 heavy (non-hydrogen) atoms. The van der Waals surface area contributed by atoms with Gasteiger partial charge in [-0.2, -0.15) is 0 Å². The van der Waals surface area contributed by atoms with Crippen molar-refractivity contribution in [3.05, 3.63) is 34.7 Å². The number of carbonyl (C=O) groups is 2. The first-order valence-corrected chi connectivity index (χ1v) is 8.12. The maximum absolute atomic E-state index is 12.3. The van der Waals surface area contributed by atoms with Gasteiger partial charge in [-0.25, -0.2) is 0 Å². The first kappa shape index (κ1) is 16.6. The molecule has 5 nitrogen and oxygen atoms in total. The van der Waals surface area contributed by atoms with Crippen LogP contribution in [0.3, 0.4) is 0 Å². The third-order valence-electron chi connectivity index (χ3n) is 3.20. The van der Waals surface area contributed by atoms with Gasteiger partial charge >= 0.3 is 0 Å². The fourth-order valence-corrected chi connectivity index (χ4v) is 3.00. The molecule has 0 saturated carbocycles. The SMILES string of the molecule is CCCOc1ccc(C2=C(SCCO)C(=O)N(C)C2=O)cc1. The predicted octanol–water partition coefficient (Wildman–Crippen LogP) is 1.91. The molecule has 1 aliphatic heterocycles. The summed E-state index contributed by atoms with van der Waals surface area (Å²) in [6.45, 7) is 2.62. The molecule has 1 aromatic carbocycles. The number of ether oxygens (including phenoxy) is 1. The lowest BCUT2D eigenvalue weighted by atomic mass is 10.1. The molecule has 1 aliphatic rings. The maximum atomic E-state index is 12.3. The van der Waals surface area contributed by atoms with Crippen LogP contribution < -0.4 is 4.74 Å². The standard InChI is InChI=1S/C16H19NO4S/c1-3-9-21-12-6-4-11(5-7-12)13-14(22-10-8-18)16(20)17(2)15(13)19/h4-7,18H,3,8-10H2,1-2H3. The lowest BCUT2D eigenvalue weighted by Crippen LogP contribution is -2.26. The summed E-state index contributed by atoms with van der Waals surface area (Å²) in [6.07, 6.45) is 0.923. The van der Waals surface area contributed by atoms with Gasteiger partial charge in [0.2, 0.25) is 0 Å². The Hall–Kier alpha value is -1.79. The van der Waals surface area contributed by atoms with Gasteiger partial charge in [0.1, 0.15) is 5.75 Å². The summed E-state index contributed by atoms with van der Waals surface area (Å²) in [7, 11) is 1.47. The summed E-state index contributed by atoms with van der Waals surface area (Å²) in [5, 5.41) is 8.95. The number of hydrogen-bond donors (Lipinski definition) is 1. The van der Waals surface area contributed by atoms with E-state index < -0.39 is 0 Å². The minimum atomic E-state index is -0.315. The topological polar surface area (TPSA) is 66.8 Å². The summed E-state index contributed by atoms with van der Waals surface area (Å²) in [5.74, 6) is 0.488. The molecule has 0 aliphatic carbocycles. The lowest BCUT2D eigenvalue weighted by Gasteiger charge is -2.08. The smallest absolute Gasteiger partial charge is 0.267 e. The highest BCUT2D eigenvalue weighted by Gasteiger charge is 2.36. The predicted molar refractivity (Wildman–Crippen MR) is 86.5 cm³/mol. The van der Waals surface area contributed by atoms with Crippen LogP contribution in [0.2, 0.25) is 0 Å². The largest absolute Gasteiger partial charge is 0.494 e. The second kappa shape index (κ2) is 7.47. The van der Waals surface area contributed by atoms with Crippen molar-refractivity contribution in [3.8, 4) is 5.75 Å². The number of rotatable bonds is 7. The molecule has 0 aromatic heterocycles. The van der Waals surface area contributed by atoms with E-state index in [2.05, 4.69) is 0 Å². The van der Waals surface area contributed by atoms with E-state index in [0.717, 1.165) is 17.1 Å². The van der Waals surface area contributed by atoms with Gasteiger partial charge in [-0.05, 0) is 24.1 Å². The Morgan fingerprint density at radius 2 is 1.86 bits per heavy atom. The minimum Gasteiger partial charge on any atom is -0.494 e. The molecule has 1 N–H and O–H groups in total. The van der Waals surface area contributed by atoms with Crippen LogP contribution in [-0.4, -0.2) is 47.8 Å². The van der Waals surface area contributed by atoms with Gasteiger partial charge in [-0.3, -0.25) is 14.5 Å². The van der Waals surface area contributed by atoms with Crippen LogP contribution in [-0.2, 0) is 9.59 Å². The molecular formula is C16H19NO4S. The number of likely N-dealkylation sites (N-methyl/N-ethyl adjacent to an activating group) is 1. The molecule has 1 heterocycles. The van der Waals surface area contributed by atoms with E-state index in [-0.39, 0.29) is 18.4 Å². The number of benzene rings is 1. The molecule has 0 radical (unpaired) electrons. The Bertz CT molecular complexity index is 595. The minimum absolute atomic E-state index is 0.0452. The highest BCUT2D eigenvalue weighted by molar-refractivity contribution is 8.04. The first-order chi connectivity index (χ1) is 10.6. The lowest BCUT2D eigenvalue weighted by molar-refractivity contribution is -0.134. The monoisotopic (exact) mass is 321 g/mol. The Kier molecular flexibility index (Phi) is 5.63. The Labute approximate surface area is 133 Å². The fraction of sp³-hybridized carbons (Fsp3) is 0.375. The van der Waals surface area contributed by atoms with Crippen LogP contribution in [0.4, 0.5) is 0 Å². The van der Waals surface area contributed by atoms with E-state index >= 15 is 0 Å². The number of nitrogens with zero attached hydrogens (tertiary/aromatic N) is 1. The molecule has 118 valence electrons. The van der Waals surface area contributed by atoms with Crippen molar-refractivity contribution in [1.29, 1.82) is 0 Å².